The summed E-state index contributed by atoms with van der Waals surface area (Å²) < 4.78 is 6.82. The summed E-state index contributed by atoms with van der Waals surface area (Å²) in [5.41, 5.74) is 10.0. The zero-order chi connectivity index (χ0) is 26.0. The largest absolute Gasteiger partial charge is 0.457 e. The SMILES string of the molecule is c1cnc2c(c1)C1(c3cc4c(cc3Oc3cc5[nH]c6ccccc6c5cc31)[nH]c1ccccc14)c1cccnc1-2. The van der Waals surface area contributed by atoms with Crippen molar-refractivity contribution in [2.24, 2.45) is 0 Å². The van der Waals surface area contributed by atoms with E-state index in [0.29, 0.717) is 0 Å². The quantitative estimate of drug-likeness (QED) is 0.215. The Bertz CT molecular complexity index is 2210. The van der Waals surface area contributed by atoms with Crippen LogP contribution in [0.4, 0.5) is 0 Å². The number of rotatable bonds is 0. The molecule has 5 nitrogen and oxygen atoms in total. The second-order valence-electron chi connectivity index (χ2n) is 10.8. The minimum atomic E-state index is -0.630. The zero-order valence-corrected chi connectivity index (χ0v) is 21.2. The lowest BCUT2D eigenvalue weighted by Crippen LogP contribution is -2.32. The number of pyridine rings is 2. The van der Waals surface area contributed by atoms with Gasteiger partial charge in [-0.15, -0.1) is 0 Å². The molecular weight excluding hydrogens is 492 g/mol. The predicted octanol–water partition coefficient (Wildman–Crippen LogP) is 8.21. The van der Waals surface area contributed by atoms with Gasteiger partial charge in [0.1, 0.15) is 11.5 Å². The Morgan fingerprint density at radius 2 is 0.975 bits per heavy atom. The fraction of sp³-hybridized carbons (Fsp3) is 0.0286. The fourth-order valence-corrected chi connectivity index (χ4v) is 7.29. The van der Waals surface area contributed by atoms with E-state index in [1.165, 1.54) is 21.5 Å². The number of ether oxygens (including phenoxy) is 1. The summed E-state index contributed by atoms with van der Waals surface area (Å²) in [4.78, 5) is 17.0. The molecule has 5 heteroatoms. The second-order valence-corrected chi connectivity index (χ2v) is 10.8. The van der Waals surface area contributed by atoms with Crippen LogP contribution in [-0.2, 0) is 5.41 Å². The molecule has 4 aromatic heterocycles. The number of aromatic nitrogens is 4. The molecule has 8 aromatic rings. The van der Waals surface area contributed by atoms with Crippen LogP contribution in [0.1, 0.15) is 22.3 Å². The van der Waals surface area contributed by atoms with Crippen molar-refractivity contribution in [3.05, 3.63) is 132 Å². The molecule has 186 valence electrons. The van der Waals surface area contributed by atoms with Crippen molar-refractivity contribution >= 4 is 43.6 Å². The molecule has 5 heterocycles. The summed E-state index contributed by atoms with van der Waals surface area (Å²) in [6, 6.07) is 34.4. The molecule has 0 bridgehead atoms. The minimum absolute atomic E-state index is 0.630. The molecule has 1 aliphatic heterocycles. The lowest BCUT2D eigenvalue weighted by molar-refractivity contribution is 0.438. The number of benzene rings is 4. The van der Waals surface area contributed by atoms with E-state index in [4.69, 9.17) is 14.7 Å². The van der Waals surface area contributed by atoms with Crippen LogP contribution >= 0.6 is 0 Å². The monoisotopic (exact) mass is 512 g/mol. The van der Waals surface area contributed by atoms with E-state index in [9.17, 15) is 0 Å². The normalized spacial score (nSPS) is 14.4. The van der Waals surface area contributed by atoms with Crippen LogP contribution in [0, 0.1) is 0 Å². The lowest BCUT2D eigenvalue weighted by atomic mass is 9.66. The lowest BCUT2D eigenvalue weighted by Gasteiger charge is -2.39. The third-order valence-corrected chi connectivity index (χ3v) is 8.89. The molecule has 0 saturated heterocycles. The molecule has 1 spiro atoms. The van der Waals surface area contributed by atoms with Crippen molar-refractivity contribution in [1.82, 2.24) is 19.9 Å². The van der Waals surface area contributed by atoms with Gasteiger partial charge >= 0.3 is 0 Å². The van der Waals surface area contributed by atoms with Crippen molar-refractivity contribution in [1.29, 1.82) is 0 Å². The third-order valence-electron chi connectivity index (χ3n) is 8.89. The maximum Gasteiger partial charge on any atom is 0.134 e. The molecule has 4 aromatic carbocycles. The number of aromatic amines is 2. The van der Waals surface area contributed by atoms with E-state index in [1.54, 1.807) is 0 Å². The average molecular weight is 513 g/mol. The number of fused-ring (bicyclic) bond motifs is 15. The van der Waals surface area contributed by atoms with Gasteiger partial charge < -0.3 is 14.7 Å². The van der Waals surface area contributed by atoms with Gasteiger partial charge in [0.05, 0.1) is 27.8 Å². The van der Waals surface area contributed by atoms with Gasteiger partial charge in [0.15, 0.2) is 0 Å². The summed E-state index contributed by atoms with van der Waals surface area (Å²) in [6.07, 6.45) is 3.73. The topological polar surface area (TPSA) is 66.6 Å². The van der Waals surface area contributed by atoms with Crippen LogP contribution in [-0.4, -0.2) is 19.9 Å². The van der Waals surface area contributed by atoms with E-state index < -0.39 is 5.41 Å². The summed E-state index contributed by atoms with van der Waals surface area (Å²) in [5, 5.41) is 4.75. The van der Waals surface area contributed by atoms with Crippen LogP contribution in [0.2, 0.25) is 0 Å². The molecule has 0 radical (unpaired) electrons. The van der Waals surface area contributed by atoms with E-state index >= 15 is 0 Å². The van der Waals surface area contributed by atoms with Crippen molar-refractivity contribution < 1.29 is 4.74 Å². The minimum Gasteiger partial charge on any atom is -0.457 e. The zero-order valence-electron chi connectivity index (χ0n) is 21.2. The van der Waals surface area contributed by atoms with E-state index in [-0.39, 0.29) is 0 Å². The first-order chi connectivity index (χ1) is 19.8. The van der Waals surface area contributed by atoms with Crippen LogP contribution < -0.4 is 4.74 Å². The number of para-hydroxylation sites is 2. The molecule has 0 amide bonds. The van der Waals surface area contributed by atoms with Crippen LogP contribution in [0.15, 0.2) is 109 Å². The number of hydrogen-bond donors (Lipinski definition) is 2. The second kappa shape index (κ2) is 6.96. The highest BCUT2D eigenvalue weighted by atomic mass is 16.5. The van der Waals surface area contributed by atoms with Gasteiger partial charge in [0, 0.05) is 68.2 Å². The molecule has 2 aliphatic rings. The van der Waals surface area contributed by atoms with Gasteiger partial charge in [-0.1, -0.05) is 48.5 Å². The fourth-order valence-electron chi connectivity index (χ4n) is 7.29. The third kappa shape index (κ3) is 2.31. The number of hydrogen-bond acceptors (Lipinski definition) is 3. The van der Waals surface area contributed by atoms with Gasteiger partial charge in [-0.3, -0.25) is 9.97 Å². The van der Waals surface area contributed by atoms with Crippen LogP contribution in [0.3, 0.4) is 0 Å². The van der Waals surface area contributed by atoms with E-state index in [2.05, 4.69) is 94.9 Å². The first-order valence-electron chi connectivity index (χ1n) is 13.5. The van der Waals surface area contributed by atoms with Crippen LogP contribution in [0.5, 0.6) is 11.5 Å². The number of H-pyrrole nitrogens is 2. The van der Waals surface area contributed by atoms with E-state index in [0.717, 1.165) is 67.2 Å². The smallest absolute Gasteiger partial charge is 0.134 e. The summed E-state index contributed by atoms with van der Waals surface area (Å²) >= 11 is 0. The van der Waals surface area contributed by atoms with Gasteiger partial charge in [-0.2, -0.15) is 0 Å². The number of nitrogens with zero attached hydrogens (tertiary/aromatic N) is 2. The summed E-state index contributed by atoms with van der Waals surface area (Å²) in [7, 11) is 0. The molecule has 0 fully saturated rings. The Morgan fingerprint density at radius 3 is 1.50 bits per heavy atom. The van der Waals surface area contributed by atoms with Crippen molar-refractivity contribution in [2.75, 3.05) is 0 Å². The molecular formula is C35H20N4O. The predicted molar refractivity (Wildman–Crippen MR) is 158 cm³/mol. The highest BCUT2D eigenvalue weighted by molar-refractivity contribution is 6.10. The van der Waals surface area contributed by atoms with E-state index in [1.807, 2.05) is 24.5 Å². The highest BCUT2D eigenvalue weighted by Gasteiger charge is 2.52. The summed E-state index contributed by atoms with van der Waals surface area (Å²) in [6.45, 7) is 0. The Morgan fingerprint density at radius 1 is 0.475 bits per heavy atom. The Labute approximate surface area is 228 Å². The average Bonchev–Trinajstić information content (AvgIpc) is 3.64. The van der Waals surface area contributed by atoms with Gasteiger partial charge in [-0.25, -0.2) is 0 Å². The van der Waals surface area contributed by atoms with Crippen LogP contribution in [0.25, 0.3) is 55.0 Å². The maximum atomic E-state index is 6.82. The van der Waals surface area contributed by atoms with Gasteiger partial charge in [-0.05, 0) is 47.5 Å². The maximum absolute atomic E-state index is 6.82. The first kappa shape index (κ1) is 20.5. The molecule has 2 N–H and O–H groups in total. The molecule has 40 heavy (non-hydrogen) atoms. The molecule has 0 atom stereocenters. The molecule has 0 unspecified atom stereocenters. The summed E-state index contributed by atoms with van der Waals surface area (Å²) in [5.74, 6) is 1.68. The first-order valence-corrected chi connectivity index (χ1v) is 13.5. The molecule has 1 aliphatic carbocycles. The molecule has 10 rings (SSSR count). The molecule has 0 saturated carbocycles. The Kier molecular flexibility index (Phi) is 3.57. The standard InChI is InChI=1S/C35H20N4O/c1-3-11-27-19(7-1)21-15-25-31(17-29(21)38-27)40-32-18-30-22(20-8-2-4-12-28(20)39-30)16-26(32)35(25)23-9-5-13-36-33(23)34-24(35)10-6-14-37-34/h1-18,38-39H. The number of nitrogens with one attached hydrogen (secondary N) is 2. The highest BCUT2D eigenvalue weighted by Crippen LogP contribution is 2.62. The van der Waals surface area contributed by atoms with Crippen molar-refractivity contribution in [3.8, 4) is 22.9 Å². The Balaban J connectivity index is 1.42. The van der Waals surface area contributed by atoms with Crippen molar-refractivity contribution in [2.45, 2.75) is 5.41 Å². The van der Waals surface area contributed by atoms with Gasteiger partial charge in [0.2, 0.25) is 0 Å². The Hall–Kier alpha value is -5.42. The van der Waals surface area contributed by atoms with Gasteiger partial charge in [0.25, 0.3) is 0 Å². The van der Waals surface area contributed by atoms with Crippen molar-refractivity contribution in [3.63, 3.8) is 0 Å².